The van der Waals surface area contributed by atoms with Gasteiger partial charge in [-0.2, -0.15) is 0 Å². The highest BCUT2D eigenvalue weighted by Gasteiger charge is 2.17. The summed E-state index contributed by atoms with van der Waals surface area (Å²) in [5, 5.41) is 11.4. The van der Waals surface area contributed by atoms with Gasteiger partial charge in [-0.25, -0.2) is 0 Å². The lowest BCUT2D eigenvalue weighted by atomic mass is 10.1. The molecule has 1 saturated carbocycles. The number of aromatic nitrogens is 2. The maximum absolute atomic E-state index is 12.3. The van der Waals surface area contributed by atoms with Crippen LogP contribution in [0, 0.1) is 0 Å². The van der Waals surface area contributed by atoms with Gasteiger partial charge in [0.1, 0.15) is 0 Å². The van der Waals surface area contributed by atoms with Crippen molar-refractivity contribution < 1.29 is 4.79 Å². The Bertz CT molecular complexity index is 452. The molecular formula is C17H28N4O. The number of rotatable bonds is 6. The zero-order chi connectivity index (χ0) is 15.8. The van der Waals surface area contributed by atoms with Crippen LogP contribution in [0.5, 0.6) is 0 Å². The molecule has 5 nitrogen and oxygen atoms in total. The van der Waals surface area contributed by atoms with E-state index in [1.54, 1.807) is 6.07 Å². The number of nitrogens with zero attached hydrogens (tertiary/aromatic N) is 3. The SMILES string of the molecule is CCCCN(C)c1ccc(C(=O)NC2CCCCCC2)nn1. The van der Waals surface area contributed by atoms with Gasteiger partial charge in [-0.15, -0.1) is 10.2 Å². The molecule has 0 aromatic carbocycles. The molecule has 1 aliphatic carbocycles. The molecule has 0 saturated heterocycles. The number of hydrogen-bond donors (Lipinski definition) is 1. The molecule has 1 aromatic rings. The Balaban J connectivity index is 1.90. The van der Waals surface area contributed by atoms with Crippen molar-refractivity contribution in [2.24, 2.45) is 0 Å². The van der Waals surface area contributed by atoms with Gasteiger partial charge in [0.2, 0.25) is 0 Å². The fraction of sp³-hybridized carbons (Fsp3) is 0.706. The summed E-state index contributed by atoms with van der Waals surface area (Å²) in [6.07, 6.45) is 9.42. The van der Waals surface area contributed by atoms with Gasteiger partial charge >= 0.3 is 0 Å². The normalized spacial score (nSPS) is 16.1. The molecule has 2 rings (SSSR count). The molecule has 0 unspecified atom stereocenters. The van der Waals surface area contributed by atoms with Crippen molar-refractivity contribution in [3.05, 3.63) is 17.8 Å². The minimum absolute atomic E-state index is 0.0952. The highest BCUT2D eigenvalue weighted by Crippen LogP contribution is 2.17. The number of unbranched alkanes of at least 4 members (excludes halogenated alkanes) is 1. The minimum Gasteiger partial charge on any atom is -0.358 e. The van der Waals surface area contributed by atoms with E-state index in [0.29, 0.717) is 11.7 Å². The van der Waals surface area contributed by atoms with Gasteiger partial charge in [0, 0.05) is 19.6 Å². The second-order valence-corrected chi connectivity index (χ2v) is 6.21. The summed E-state index contributed by atoms with van der Waals surface area (Å²) in [6, 6.07) is 3.95. The van der Waals surface area contributed by atoms with Crippen LogP contribution in [0.25, 0.3) is 0 Å². The smallest absolute Gasteiger partial charge is 0.272 e. The van der Waals surface area contributed by atoms with Crippen LogP contribution in [0.2, 0.25) is 0 Å². The van der Waals surface area contributed by atoms with Crippen molar-refractivity contribution in [1.82, 2.24) is 15.5 Å². The molecule has 0 spiro atoms. The van der Waals surface area contributed by atoms with Crippen LogP contribution < -0.4 is 10.2 Å². The number of nitrogens with one attached hydrogen (secondary N) is 1. The maximum atomic E-state index is 12.3. The van der Waals surface area contributed by atoms with Crippen molar-refractivity contribution in [2.75, 3.05) is 18.5 Å². The van der Waals surface area contributed by atoms with Crippen LogP contribution >= 0.6 is 0 Å². The van der Waals surface area contributed by atoms with E-state index in [-0.39, 0.29) is 5.91 Å². The van der Waals surface area contributed by atoms with Crippen LogP contribution in [-0.4, -0.2) is 35.7 Å². The topological polar surface area (TPSA) is 58.1 Å². The second kappa shape index (κ2) is 8.71. The van der Waals surface area contributed by atoms with Crippen molar-refractivity contribution >= 4 is 11.7 Å². The highest BCUT2D eigenvalue weighted by atomic mass is 16.2. The van der Waals surface area contributed by atoms with Crippen molar-refractivity contribution in [3.8, 4) is 0 Å². The van der Waals surface area contributed by atoms with Crippen LogP contribution in [0.4, 0.5) is 5.82 Å². The zero-order valence-electron chi connectivity index (χ0n) is 13.8. The molecule has 0 radical (unpaired) electrons. The van der Waals surface area contributed by atoms with Gasteiger partial charge in [0.25, 0.3) is 5.91 Å². The van der Waals surface area contributed by atoms with Crippen LogP contribution in [0.3, 0.4) is 0 Å². The molecule has 1 N–H and O–H groups in total. The third kappa shape index (κ3) is 4.97. The molecule has 1 heterocycles. The van der Waals surface area contributed by atoms with Crippen LogP contribution in [0.15, 0.2) is 12.1 Å². The number of carbonyl (C=O) groups excluding carboxylic acids is 1. The Labute approximate surface area is 133 Å². The fourth-order valence-electron chi connectivity index (χ4n) is 2.84. The summed E-state index contributed by atoms with van der Waals surface area (Å²) in [5.74, 6) is 0.724. The Morgan fingerprint density at radius 3 is 2.55 bits per heavy atom. The van der Waals surface area contributed by atoms with Crippen molar-refractivity contribution in [1.29, 1.82) is 0 Å². The second-order valence-electron chi connectivity index (χ2n) is 6.21. The Hall–Kier alpha value is -1.65. The summed E-state index contributed by atoms with van der Waals surface area (Å²) in [4.78, 5) is 14.3. The van der Waals surface area contributed by atoms with E-state index < -0.39 is 0 Å². The first-order chi connectivity index (χ1) is 10.7. The molecule has 1 aromatic heterocycles. The number of anilines is 1. The van der Waals surface area contributed by atoms with Crippen molar-refractivity contribution in [2.45, 2.75) is 64.3 Å². The number of carbonyl (C=O) groups is 1. The molecule has 5 heteroatoms. The van der Waals surface area contributed by atoms with Gasteiger partial charge in [-0.1, -0.05) is 39.0 Å². The zero-order valence-corrected chi connectivity index (χ0v) is 13.8. The van der Waals surface area contributed by atoms with E-state index in [1.807, 2.05) is 13.1 Å². The molecule has 1 fully saturated rings. The van der Waals surface area contributed by atoms with E-state index >= 15 is 0 Å². The molecule has 0 aliphatic heterocycles. The first-order valence-corrected chi connectivity index (χ1v) is 8.56. The van der Waals surface area contributed by atoms with Gasteiger partial charge in [0.15, 0.2) is 11.5 Å². The summed E-state index contributed by atoms with van der Waals surface area (Å²) >= 11 is 0. The largest absolute Gasteiger partial charge is 0.358 e. The molecule has 1 aliphatic rings. The van der Waals surface area contributed by atoms with E-state index in [4.69, 9.17) is 0 Å². The standard InChI is InChI=1S/C17H28N4O/c1-3-4-13-21(2)16-12-11-15(19-20-16)17(22)18-14-9-7-5-6-8-10-14/h11-12,14H,3-10,13H2,1-2H3,(H,18,22). The van der Waals surface area contributed by atoms with Crippen LogP contribution in [0.1, 0.15) is 68.8 Å². The van der Waals surface area contributed by atoms with Gasteiger partial charge in [-0.05, 0) is 31.4 Å². The van der Waals surface area contributed by atoms with Gasteiger partial charge < -0.3 is 10.2 Å². The molecular weight excluding hydrogens is 276 g/mol. The average Bonchev–Trinajstić information content (AvgIpc) is 2.81. The summed E-state index contributed by atoms with van der Waals surface area (Å²) < 4.78 is 0. The lowest BCUT2D eigenvalue weighted by molar-refractivity contribution is 0.0927. The van der Waals surface area contributed by atoms with E-state index in [0.717, 1.165) is 38.0 Å². The lowest BCUT2D eigenvalue weighted by Crippen LogP contribution is -2.35. The van der Waals surface area contributed by atoms with E-state index in [9.17, 15) is 4.79 Å². The maximum Gasteiger partial charge on any atom is 0.272 e. The van der Waals surface area contributed by atoms with Gasteiger partial charge in [0.05, 0.1) is 0 Å². The van der Waals surface area contributed by atoms with Gasteiger partial charge in [-0.3, -0.25) is 4.79 Å². The summed E-state index contributed by atoms with van der Waals surface area (Å²) in [6.45, 7) is 3.12. The molecule has 0 atom stereocenters. The minimum atomic E-state index is -0.0952. The van der Waals surface area contributed by atoms with E-state index in [1.165, 1.54) is 25.7 Å². The monoisotopic (exact) mass is 304 g/mol. The van der Waals surface area contributed by atoms with E-state index in [2.05, 4.69) is 27.3 Å². The summed E-state index contributed by atoms with van der Waals surface area (Å²) in [5.41, 5.74) is 0.414. The van der Waals surface area contributed by atoms with Crippen molar-refractivity contribution in [3.63, 3.8) is 0 Å². The third-order valence-electron chi connectivity index (χ3n) is 4.31. The Morgan fingerprint density at radius 2 is 1.95 bits per heavy atom. The summed E-state index contributed by atoms with van der Waals surface area (Å²) in [7, 11) is 2.00. The van der Waals surface area contributed by atoms with Crippen LogP contribution in [-0.2, 0) is 0 Å². The molecule has 122 valence electrons. The third-order valence-corrected chi connectivity index (χ3v) is 4.31. The first kappa shape index (κ1) is 16.7. The average molecular weight is 304 g/mol. The molecule has 22 heavy (non-hydrogen) atoms. The number of amides is 1. The first-order valence-electron chi connectivity index (χ1n) is 8.56. The highest BCUT2D eigenvalue weighted by molar-refractivity contribution is 5.92. The predicted octanol–water partition coefficient (Wildman–Crippen LogP) is 3.17. The Morgan fingerprint density at radius 1 is 1.23 bits per heavy atom. The Kier molecular flexibility index (Phi) is 6.62. The quantitative estimate of drug-likeness (QED) is 0.820. The fourth-order valence-corrected chi connectivity index (χ4v) is 2.84. The molecule has 0 bridgehead atoms. The molecule has 1 amide bonds. The lowest BCUT2D eigenvalue weighted by Gasteiger charge is -2.18. The predicted molar refractivity (Wildman–Crippen MR) is 89.2 cm³/mol. The number of hydrogen-bond acceptors (Lipinski definition) is 4.